The van der Waals surface area contributed by atoms with Crippen molar-refractivity contribution in [3.63, 3.8) is 0 Å². The molecule has 2 aliphatic carbocycles. The molecule has 11 rings (SSSR count). The Bertz CT molecular complexity index is 2970. The fourth-order valence-corrected chi connectivity index (χ4v) is 9.36. The minimum absolute atomic E-state index is 0.177. The zero-order valence-electron chi connectivity index (χ0n) is 30.4. The van der Waals surface area contributed by atoms with Gasteiger partial charge in [-0.15, -0.1) is 0 Å². The molecule has 0 amide bonds. The maximum Gasteiger partial charge on any atom is 0.159 e. The first-order chi connectivity index (χ1) is 26.6. The Labute approximate surface area is 314 Å². The van der Waals surface area contributed by atoms with Crippen molar-refractivity contribution < 1.29 is 4.42 Å². The molecule has 0 saturated heterocycles. The molecular formula is C51H38N2O. The van der Waals surface area contributed by atoms with E-state index in [1.807, 2.05) is 6.07 Å². The van der Waals surface area contributed by atoms with Crippen LogP contribution in [-0.4, -0.2) is 4.57 Å². The summed E-state index contributed by atoms with van der Waals surface area (Å²) in [6.07, 6.45) is 6.70. The Balaban J connectivity index is 1.04. The van der Waals surface area contributed by atoms with Crippen LogP contribution in [0.1, 0.15) is 43.4 Å². The third-order valence-electron chi connectivity index (χ3n) is 11.9. The van der Waals surface area contributed by atoms with Crippen molar-refractivity contribution in [3.8, 4) is 11.1 Å². The van der Waals surface area contributed by atoms with Gasteiger partial charge in [-0.1, -0.05) is 129 Å². The fourth-order valence-electron chi connectivity index (χ4n) is 9.36. The predicted octanol–water partition coefficient (Wildman–Crippen LogP) is 14.2. The highest BCUT2D eigenvalue weighted by Gasteiger charge is 2.38. The number of para-hydroxylation sites is 5. The Morgan fingerprint density at radius 3 is 1.98 bits per heavy atom. The van der Waals surface area contributed by atoms with E-state index in [0.29, 0.717) is 0 Å². The molecule has 2 heterocycles. The van der Waals surface area contributed by atoms with E-state index in [-0.39, 0.29) is 5.41 Å². The first kappa shape index (κ1) is 31.0. The van der Waals surface area contributed by atoms with Gasteiger partial charge in [-0.2, -0.15) is 0 Å². The maximum absolute atomic E-state index is 6.59. The van der Waals surface area contributed by atoms with Gasteiger partial charge in [0.05, 0.1) is 16.7 Å². The van der Waals surface area contributed by atoms with Crippen LogP contribution in [0, 0.1) is 0 Å². The van der Waals surface area contributed by atoms with Crippen molar-refractivity contribution in [2.45, 2.75) is 32.1 Å². The molecule has 0 unspecified atom stereocenters. The molecule has 3 nitrogen and oxygen atoms in total. The molecule has 2 aliphatic rings. The standard InChI is InChI=1S/C51H38N2O/c1-51(2)43-21-12-19-37(33-26-28-35(29-27-33)53-45-22-9-6-16-38(45)39-17-7-10-23-46(39)53)49(43)42-31-30-36(32-44(42)51)52(34-14-4-3-5-15-34)47-24-13-20-41-40-18-8-11-25-48(40)54-50(41)47/h3-26,28,30-32H,27,29H2,1-2H3. The lowest BCUT2D eigenvalue weighted by Gasteiger charge is -2.28. The monoisotopic (exact) mass is 694 g/mol. The second kappa shape index (κ2) is 11.7. The molecule has 258 valence electrons. The largest absolute Gasteiger partial charge is 0.454 e. The summed E-state index contributed by atoms with van der Waals surface area (Å²) in [6, 6.07) is 57.1. The number of hydrogen-bond donors (Lipinski definition) is 0. The van der Waals surface area contributed by atoms with Gasteiger partial charge in [0, 0.05) is 44.0 Å². The van der Waals surface area contributed by atoms with Crippen LogP contribution in [0.15, 0.2) is 174 Å². The van der Waals surface area contributed by atoms with Crippen LogP contribution < -0.4 is 4.90 Å². The maximum atomic E-state index is 6.59. The average Bonchev–Trinajstić information content (AvgIpc) is 3.85. The SMILES string of the molecule is CC1(C)c2cc(N(c3ccccc3)c3cccc4c3oc3ccccc34)ccc2-c2c(C3=CC=C(n4c5ccccc5c5ccccc54)CC3)cccc21. The third kappa shape index (κ3) is 4.48. The molecule has 0 saturated carbocycles. The van der Waals surface area contributed by atoms with Gasteiger partial charge in [-0.25, -0.2) is 0 Å². The van der Waals surface area contributed by atoms with E-state index in [0.717, 1.165) is 51.8 Å². The topological polar surface area (TPSA) is 21.3 Å². The molecule has 3 heteroatoms. The van der Waals surface area contributed by atoms with Crippen LogP contribution >= 0.6 is 0 Å². The summed E-state index contributed by atoms with van der Waals surface area (Å²) in [7, 11) is 0. The van der Waals surface area contributed by atoms with Crippen LogP contribution in [0.2, 0.25) is 0 Å². The number of fused-ring (bicyclic) bond motifs is 9. The fraction of sp³-hybridized carbons (Fsp3) is 0.0980. The van der Waals surface area contributed by atoms with Crippen LogP contribution in [0.4, 0.5) is 17.1 Å². The lowest BCUT2D eigenvalue weighted by atomic mass is 9.81. The van der Waals surface area contributed by atoms with Gasteiger partial charge in [0.25, 0.3) is 0 Å². The summed E-state index contributed by atoms with van der Waals surface area (Å²) in [5.41, 5.74) is 16.9. The molecule has 0 N–H and O–H groups in total. The summed E-state index contributed by atoms with van der Waals surface area (Å²) in [5, 5.41) is 4.87. The quantitative estimate of drug-likeness (QED) is 0.179. The summed E-state index contributed by atoms with van der Waals surface area (Å²) in [4.78, 5) is 2.36. The van der Waals surface area contributed by atoms with Gasteiger partial charge < -0.3 is 13.9 Å². The highest BCUT2D eigenvalue weighted by Crippen LogP contribution is 2.54. The van der Waals surface area contributed by atoms with Gasteiger partial charge in [-0.3, -0.25) is 0 Å². The van der Waals surface area contributed by atoms with Crippen molar-refractivity contribution in [2.75, 3.05) is 4.90 Å². The molecule has 0 spiro atoms. The summed E-state index contributed by atoms with van der Waals surface area (Å²) in [6.45, 7) is 4.77. The summed E-state index contributed by atoms with van der Waals surface area (Å²) >= 11 is 0. The van der Waals surface area contributed by atoms with Crippen molar-refractivity contribution in [3.05, 3.63) is 187 Å². The number of allylic oxidation sites excluding steroid dienone is 4. The van der Waals surface area contributed by atoms with Gasteiger partial charge in [0.15, 0.2) is 5.58 Å². The zero-order chi connectivity index (χ0) is 36.0. The number of furan rings is 1. The van der Waals surface area contributed by atoms with E-state index < -0.39 is 0 Å². The zero-order valence-corrected chi connectivity index (χ0v) is 30.4. The second-order valence-corrected chi connectivity index (χ2v) is 15.2. The normalized spacial score (nSPS) is 14.7. The third-order valence-corrected chi connectivity index (χ3v) is 11.9. The number of benzene rings is 7. The Hall–Kier alpha value is -6.58. The van der Waals surface area contributed by atoms with E-state index in [1.165, 1.54) is 60.9 Å². The number of anilines is 3. The van der Waals surface area contributed by atoms with Crippen molar-refractivity contribution in [1.29, 1.82) is 0 Å². The van der Waals surface area contributed by atoms with Crippen LogP contribution in [0.25, 0.3) is 66.1 Å². The van der Waals surface area contributed by atoms with Gasteiger partial charge in [0.2, 0.25) is 0 Å². The van der Waals surface area contributed by atoms with E-state index in [9.17, 15) is 0 Å². The molecule has 0 atom stereocenters. The first-order valence-electron chi connectivity index (χ1n) is 19.0. The molecule has 0 radical (unpaired) electrons. The van der Waals surface area contributed by atoms with Crippen molar-refractivity contribution in [1.82, 2.24) is 4.57 Å². The predicted molar refractivity (Wildman–Crippen MR) is 227 cm³/mol. The van der Waals surface area contributed by atoms with Crippen molar-refractivity contribution >= 4 is 72.1 Å². The molecular weight excluding hydrogens is 657 g/mol. The van der Waals surface area contributed by atoms with Crippen LogP contribution in [0.3, 0.4) is 0 Å². The first-order valence-corrected chi connectivity index (χ1v) is 19.0. The van der Waals surface area contributed by atoms with Crippen molar-refractivity contribution in [2.24, 2.45) is 0 Å². The van der Waals surface area contributed by atoms with Gasteiger partial charge >= 0.3 is 0 Å². The number of aromatic nitrogens is 1. The van der Waals surface area contributed by atoms with Gasteiger partial charge in [0.1, 0.15) is 5.58 Å². The highest BCUT2D eigenvalue weighted by atomic mass is 16.3. The number of hydrogen-bond acceptors (Lipinski definition) is 2. The average molecular weight is 695 g/mol. The van der Waals surface area contributed by atoms with E-state index in [4.69, 9.17) is 4.42 Å². The molecule has 2 aromatic heterocycles. The molecule has 0 bridgehead atoms. The highest BCUT2D eigenvalue weighted by molar-refractivity contribution is 6.11. The lowest BCUT2D eigenvalue weighted by Crippen LogP contribution is -2.16. The molecule has 54 heavy (non-hydrogen) atoms. The van der Waals surface area contributed by atoms with Crippen LogP contribution in [0.5, 0.6) is 0 Å². The molecule has 9 aromatic rings. The van der Waals surface area contributed by atoms with E-state index in [1.54, 1.807) is 0 Å². The smallest absolute Gasteiger partial charge is 0.159 e. The Morgan fingerprint density at radius 1 is 0.537 bits per heavy atom. The molecule has 7 aromatic carbocycles. The molecule has 0 fully saturated rings. The minimum atomic E-state index is -0.177. The second-order valence-electron chi connectivity index (χ2n) is 15.2. The summed E-state index contributed by atoms with van der Waals surface area (Å²) in [5.74, 6) is 0. The summed E-state index contributed by atoms with van der Waals surface area (Å²) < 4.78 is 9.06. The number of nitrogens with zero attached hydrogens (tertiary/aromatic N) is 2. The minimum Gasteiger partial charge on any atom is -0.454 e. The lowest BCUT2D eigenvalue weighted by molar-refractivity contribution is 0.660. The van der Waals surface area contributed by atoms with Gasteiger partial charge in [-0.05, 0) is 101 Å². The van der Waals surface area contributed by atoms with E-state index >= 15 is 0 Å². The Morgan fingerprint density at radius 2 is 1.22 bits per heavy atom. The van der Waals surface area contributed by atoms with E-state index in [2.05, 4.69) is 187 Å². The molecule has 0 aliphatic heterocycles. The Kier molecular flexibility index (Phi) is 6.72. The number of rotatable bonds is 5. The van der Waals surface area contributed by atoms with Crippen LogP contribution in [-0.2, 0) is 5.41 Å².